The lowest BCUT2D eigenvalue weighted by Crippen LogP contribution is -2.32. The molecule has 1 amide bonds. The van der Waals surface area contributed by atoms with Gasteiger partial charge in [0.05, 0.1) is 12.8 Å². The number of carbonyl (C=O) groups is 1. The van der Waals surface area contributed by atoms with Crippen LogP contribution >= 0.6 is 0 Å². The summed E-state index contributed by atoms with van der Waals surface area (Å²) in [5, 5.41) is 8.81. The molecule has 5 heteroatoms. The summed E-state index contributed by atoms with van der Waals surface area (Å²) in [7, 11) is 1.52. The van der Waals surface area contributed by atoms with Crippen LogP contribution in [-0.2, 0) is 0 Å². The van der Waals surface area contributed by atoms with Crippen LogP contribution in [0, 0.1) is 0 Å². The molecule has 0 radical (unpaired) electrons. The minimum absolute atomic E-state index is 0.0782. The number of nitrogen functional groups attached to an aromatic ring is 1. The number of anilines is 1. The molecule has 1 rings (SSSR count). The monoisotopic (exact) mass is 252 g/mol. The van der Waals surface area contributed by atoms with Crippen molar-refractivity contribution in [3.8, 4) is 5.75 Å². The molecule has 18 heavy (non-hydrogen) atoms. The van der Waals surface area contributed by atoms with E-state index in [1.54, 1.807) is 23.1 Å². The summed E-state index contributed by atoms with van der Waals surface area (Å²) in [5.74, 6) is 0.420. The molecule has 0 saturated heterocycles. The molecular formula is C13H20N2O3. The van der Waals surface area contributed by atoms with E-state index in [0.29, 0.717) is 36.5 Å². The first-order valence-electron chi connectivity index (χ1n) is 5.97. The van der Waals surface area contributed by atoms with E-state index in [9.17, 15) is 4.79 Å². The molecular weight excluding hydrogens is 232 g/mol. The summed E-state index contributed by atoms with van der Waals surface area (Å²) in [4.78, 5) is 13.9. The zero-order valence-corrected chi connectivity index (χ0v) is 10.8. The number of aliphatic hydroxyl groups is 1. The highest BCUT2D eigenvalue weighted by molar-refractivity contribution is 5.95. The Labute approximate surface area is 107 Å². The van der Waals surface area contributed by atoms with E-state index in [1.807, 2.05) is 6.92 Å². The maximum absolute atomic E-state index is 12.2. The van der Waals surface area contributed by atoms with Crippen LogP contribution in [0.1, 0.15) is 23.7 Å². The van der Waals surface area contributed by atoms with E-state index in [4.69, 9.17) is 15.6 Å². The van der Waals surface area contributed by atoms with Gasteiger partial charge in [0, 0.05) is 25.3 Å². The van der Waals surface area contributed by atoms with Crippen LogP contribution in [0.5, 0.6) is 5.75 Å². The third kappa shape index (κ3) is 3.37. The van der Waals surface area contributed by atoms with Gasteiger partial charge in [0.1, 0.15) is 5.75 Å². The molecule has 0 aliphatic carbocycles. The van der Waals surface area contributed by atoms with Crippen molar-refractivity contribution in [1.82, 2.24) is 4.90 Å². The molecule has 1 aromatic rings. The normalized spacial score (nSPS) is 10.2. The van der Waals surface area contributed by atoms with Crippen molar-refractivity contribution in [2.45, 2.75) is 13.3 Å². The molecule has 0 saturated carbocycles. The quantitative estimate of drug-likeness (QED) is 0.744. The van der Waals surface area contributed by atoms with Gasteiger partial charge in [0.15, 0.2) is 0 Å². The average molecular weight is 252 g/mol. The fourth-order valence-electron chi connectivity index (χ4n) is 1.69. The van der Waals surface area contributed by atoms with Crippen molar-refractivity contribution < 1.29 is 14.6 Å². The predicted octanol–water partition coefficient (Wildman–Crippen LogP) is 1.12. The van der Waals surface area contributed by atoms with Crippen LogP contribution in [0.3, 0.4) is 0 Å². The van der Waals surface area contributed by atoms with Gasteiger partial charge in [-0.15, -0.1) is 0 Å². The third-order valence-corrected chi connectivity index (χ3v) is 2.74. The Morgan fingerprint density at radius 3 is 2.78 bits per heavy atom. The van der Waals surface area contributed by atoms with Crippen LogP contribution in [0.25, 0.3) is 0 Å². The Morgan fingerprint density at radius 2 is 2.22 bits per heavy atom. The topological polar surface area (TPSA) is 75.8 Å². The van der Waals surface area contributed by atoms with Crippen LogP contribution in [0.2, 0.25) is 0 Å². The molecule has 0 bridgehead atoms. The molecule has 0 aliphatic rings. The predicted molar refractivity (Wildman–Crippen MR) is 70.7 cm³/mol. The fourth-order valence-corrected chi connectivity index (χ4v) is 1.69. The van der Waals surface area contributed by atoms with E-state index in [1.165, 1.54) is 7.11 Å². The van der Waals surface area contributed by atoms with E-state index >= 15 is 0 Å². The molecule has 0 heterocycles. The molecule has 1 aromatic carbocycles. The molecule has 0 aromatic heterocycles. The maximum atomic E-state index is 12.2. The summed E-state index contributed by atoms with van der Waals surface area (Å²) >= 11 is 0. The largest absolute Gasteiger partial charge is 0.495 e. The molecule has 0 spiro atoms. The number of nitrogens with two attached hydrogens (primary N) is 1. The average Bonchev–Trinajstić information content (AvgIpc) is 2.40. The Hall–Kier alpha value is -1.75. The lowest BCUT2D eigenvalue weighted by molar-refractivity contribution is 0.0754. The summed E-state index contributed by atoms with van der Waals surface area (Å²) in [6.45, 7) is 3.13. The number of aliphatic hydroxyl groups excluding tert-OH is 1. The third-order valence-electron chi connectivity index (χ3n) is 2.74. The maximum Gasteiger partial charge on any atom is 0.253 e. The van der Waals surface area contributed by atoms with Crippen molar-refractivity contribution in [2.75, 3.05) is 32.5 Å². The first kappa shape index (κ1) is 14.3. The van der Waals surface area contributed by atoms with Gasteiger partial charge >= 0.3 is 0 Å². The van der Waals surface area contributed by atoms with Crippen molar-refractivity contribution >= 4 is 11.6 Å². The fraction of sp³-hybridized carbons (Fsp3) is 0.462. The second-order valence-electron chi connectivity index (χ2n) is 3.92. The van der Waals surface area contributed by atoms with Crippen LogP contribution in [0.4, 0.5) is 5.69 Å². The van der Waals surface area contributed by atoms with Crippen molar-refractivity contribution in [3.63, 3.8) is 0 Å². The first-order valence-corrected chi connectivity index (χ1v) is 5.97. The van der Waals surface area contributed by atoms with Gasteiger partial charge in [-0.3, -0.25) is 4.79 Å². The molecule has 5 nitrogen and oxygen atoms in total. The first-order chi connectivity index (χ1) is 8.63. The van der Waals surface area contributed by atoms with E-state index in [-0.39, 0.29) is 12.5 Å². The van der Waals surface area contributed by atoms with Crippen LogP contribution in [-0.4, -0.2) is 42.7 Å². The summed E-state index contributed by atoms with van der Waals surface area (Å²) < 4.78 is 5.09. The number of amides is 1. The lowest BCUT2D eigenvalue weighted by Gasteiger charge is -2.20. The number of carbonyl (C=O) groups excluding carboxylic acids is 1. The zero-order valence-electron chi connectivity index (χ0n) is 10.8. The summed E-state index contributed by atoms with van der Waals surface area (Å²) in [6, 6.07) is 4.98. The van der Waals surface area contributed by atoms with Crippen LogP contribution in [0.15, 0.2) is 18.2 Å². The SMILES string of the molecule is CCN(CCCO)C(=O)c1ccc(N)c(OC)c1. The number of methoxy groups -OCH3 is 1. The Kier molecular flexibility index (Phi) is 5.45. The van der Waals surface area contributed by atoms with Gasteiger partial charge in [-0.2, -0.15) is 0 Å². The van der Waals surface area contributed by atoms with Crippen LogP contribution < -0.4 is 10.5 Å². The molecule has 0 unspecified atom stereocenters. The van der Waals surface area contributed by atoms with Crippen molar-refractivity contribution in [3.05, 3.63) is 23.8 Å². The van der Waals surface area contributed by atoms with Gasteiger partial charge in [0.2, 0.25) is 0 Å². The Balaban J connectivity index is 2.87. The standard InChI is InChI=1S/C13H20N2O3/c1-3-15(7-4-8-16)13(17)10-5-6-11(14)12(9-10)18-2/h5-6,9,16H,3-4,7-8,14H2,1-2H3. The van der Waals surface area contributed by atoms with Gasteiger partial charge in [-0.05, 0) is 31.5 Å². The minimum atomic E-state index is -0.0794. The van der Waals surface area contributed by atoms with Gasteiger partial charge in [0.25, 0.3) is 5.91 Å². The lowest BCUT2D eigenvalue weighted by atomic mass is 10.1. The highest BCUT2D eigenvalue weighted by atomic mass is 16.5. The minimum Gasteiger partial charge on any atom is -0.495 e. The number of benzene rings is 1. The van der Waals surface area contributed by atoms with E-state index in [2.05, 4.69) is 0 Å². The number of ether oxygens (including phenoxy) is 1. The smallest absolute Gasteiger partial charge is 0.253 e. The Bertz CT molecular complexity index is 407. The number of nitrogens with zero attached hydrogens (tertiary/aromatic N) is 1. The van der Waals surface area contributed by atoms with E-state index < -0.39 is 0 Å². The molecule has 100 valence electrons. The number of rotatable bonds is 6. The zero-order chi connectivity index (χ0) is 13.5. The van der Waals surface area contributed by atoms with Gasteiger partial charge < -0.3 is 20.5 Å². The number of hydrogen-bond donors (Lipinski definition) is 2. The van der Waals surface area contributed by atoms with Crippen molar-refractivity contribution in [1.29, 1.82) is 0 Å². The van der Waals surface area contributed by atoms with E-state index in [0.717, 1.165) is 0 Å². The summed E-state index contributed by atoms with van der Waals surface area (Å²) in [5.41, 5.74) is 6.76. The molecule has 3 N–H and O–H groups in total. The summed E-state index contributed by atoms with van der Waals surface area (Å²) in [6.07, 6.45) is 0.575. The van der Waals surface area contributed by atoms with Gasteiger partial charge in [-0.25, -0.2) is 0 Å². The number of hydrogen-bond acceptors (Lipinski definition) is 4. The van der Waals surface area contributed by atoms with Crippen molar-refractivity contribution in [2.24, 2.45) is 0 Å². The molecule has 0 aliphatic heterocycles. The second kappa shape index (κ2) is 6.86. The van der Waals surface area contributed by atoms with Gasteiger partial charge in [-0.1, -0.05) is 0 Å². The molecule has 0 atom stereocenters. The second-order valence-corrected chi connectivity index (χ2v) is 3.92. The molecule has 0 fully saturated rings. The highest BCUT2D eigenvalue weighted by Crippen LogP contribution is 2.22. The Morgan fingerprint density at radius 1 is 1.50 bits per heavy atom. The highest BCUT2D eigenvalue weighted by Gasteiger charge is 2.15.